The van der Waals surface area contributed by atoms with Gasteiger partial charge in [0, 0.05) is 11.6 Å². The first-order chi connectivity index (χ1) is 7.90. The average Bonchev–Trinajstić information content (AvgIpc) is 2.27. The first kappa shape index (κ1) is 14.2. The first-order valence-electron chi connectivity index (χ1n) is 6.38. The van der Waals surface area contributed by atoms with Crippen LogP contribution in [0.3, 0.4) is 0 Å². The Morgan fingerprint density at radius 1 is 1.35 bits per heavy atom. The Hall–Kier alpha value is -0.860. The molecule has 0 aromatic heterocycles. The number of benzene rings is 1. The molecule has 0 saturated heterocycles. The summed E-state index contributed by atoms with van der Waals surface area (Å²) in [6, 6.07) is 8.78. The van der Waals surface area contributed by atoms with Crippen molar-refractivity contribution in [3.63, 3.8) is 0 Å². The van der Waals surface area contributed by atoms with E-state index in [2.05, 4.69) is 64.0 Å². The van der Waals surface area contributed by atoms with Crippen LogP contribution in [0.25, 0.3) is 0 Å². The molecule has 0 heterocycles. The van der Waals surface area contributed by atoms with Crippen LogP contribution in [0.5, 0.6) is 0 Å². The topological polar surface area (TPSA) is 29.3 Å². The number of rotatable bonds is 5. The van der Waals surface area contributed by atoms with E-state index in [1.807, 2.05) is 0 Å². The van der Waals surface area contributed by atoms with Crippen LogP contribution in [0.15, 0.2) is 24.3 Å². The van der Waals surface area contributed by atoms with Crippen molar-refractivity contribution < 1.29 is 0 Å². The summed E-state index contributed by atoms with van der Waals surface area (Å²) >= 11 is 0. The summed E-state index contributed by atoms with van der Waals surface area (Å²) < 4.78 is 0. The van der Waals surface area contributed by atoms with Gasteiger partial charge in [0.2, 0.25) is 0 Å². The maximum Gasteiger partial charge on any atom is 0.0326 e. The second kappa shape index (κ2) is 5.65. The fraction of sp³-hybridized carbons (Fsp3) is 0.600. The van der Waals surface area contributed by atoms with Gasteiger partial charge in [-0.25, -0.2) is 0 Å². The lowest BCUT2D eigenvalue weighted by atomic mass is 9.84. The largest absolute Gasteiger partial charge is 0.326 e. The minimum Gasteiger partial charge on any atom is -0.326 e. The smallest absolute Gasteiger partial charge is 0.0326 e. The zero-order valence-electron chi connectivity index (χ0n) is 11.8. The maximum atomic E-state index is 6.40. The lowest BCUT2D eigenvalue weighted by Gasteiger charge is -2.41. The zero-order chi connectivity index (χ0) is 13.1. The van der Waals surface area contributed by atoms with Gasteiger partial charge in [-0.05, 0) is 46.3 Å². The molecule has 1 aromatic carbocycles. The first-order valence-corrected chi connectivity index (χ1v) is 6.38. The van der Waals surface area contributed by atoms with Crippen molar-refractivity contribution in [2.75, 3.05) is 14.1 Å². The lowest BCUT2D eigenvalue weighted by Crippen LogP contribution is -2.55. The van der Waals surface area contributed by atoms with Crippen LogP contribution in [0.4, 0.5) is 0 Å². The predicted octanol–water partition coefficient (Wildman–Crippen LogP) is 2.60. The maximum absolute atomic E-state index is 6.40. The molecule has 0 amide bonds. The van der Waals surface area contributed by atoms with E-state index in [0.29, 0.717) is 0 Å². The molecule has 1 rings (SSSR count). The van der Waals surface area contributed by atoms with Crippen LogP contribution >= 0.6 is 0 Å². The molecule has 2 nitrogen and oxygen atoms in total. The van der Waals surface area contributed by atoms with Gasteiger partial charge in [-0.1, -0.05) is 36.8 Å². The Labute approximate surface area is 106 Å². The van der Waals surface area contributed by atoms with E-state index in [9.17, 15) is 0 Å². The van der Waals surface area contributed by atoms with Gasteiger partial charge in [0.15, 0.2) is 0 Å². The van der Waals surface area contributed by atoms with Crippen LogP contribution < -0.4 is 5.73 Å². The SMILES string of the molecule is CCC(C)(C(N)Cc1cccc(C)c1)N(C)C. The number of nitrogens with two attached hydrogens (primary N) is 1. The molecule has 2 heteroatoms. The molecule has 2 unspecified atom stereocenters. The molecule has 0 radical (unpaired) electrons. The fourth-order valence-electron chi connectivity index (χ4n) is 2.22. The van der Waals surface area contributed by atoms with Crippen molar-refractivity contribution in [3.8, 4) is 0 Å². The molecule has 96 valence electrons. The minimum atomic E-state index is 0.0593. The van der Waals surface area contributed by atoms with E-state index in [4.69, 9.17) is 5.73 Å². The molecule has 2 N–H and O–H groups in total. The summed E-state index contributed by atoms with van der Waals surface area (Å²) in [5, 5.41) is 0. The zero-order valence-corrected chi connectivity index (χ0v) is 11.8. The molecule has 0 spiro atoms. The molecule has 0 aliphatic heterocycles. The Morgan fingerprint density at radius 3 is 2.47 bits per heavy atom. The van der Waals surface area contributed by atoms with Gasteiger partial charge in [0.05, 0.1) is 0 Å². The number of hydrogen-bond acceptors (Lipinski definition) is 2. The summed E-state index contributed by atoms with van der Waals surface area (Å²) in [7, 11) is 4.22. The van der Waals surface area contributed by atoms with E-state index in [1.54, 1.807) is 0 Å². The molecular formula is C15H26N2. The van der Waals surface area contributed by atoms with E-state index in [0.717, 1.165) is 12.8 Å². The highest BCUT2D eigenvalue weighted by Gasteiger charge is 2.31. The van der Waals surface area contributed by atoms with Crippen molar-refractivity contribution in [1.82, 2.24) is 4.90 Å². The van der Waals surface area contributed by atoms with Gasteiger partial charge in [0.1, 0.15) is 0 Å². The van der Waals surface area contributed by atoms with E-state index >= 15 is 0 Å². The molecule has 0 saturated carbocycles. The van der Waals surface area contributed by atoms with Gasteiger partial charge in [-0.15, -0.1) is 0 Å². The molecule has 17 heavy (non-hydrogen) atoms. The number of likely N-dealkylation sites (N-methyl/N-ethyl adjacent to an activating group) is 1. The van der Waals surface area contributed by atoms with E-state index < -0.39 is 0 Å². The third-order valence-electron chi connectivity index (χ3n) is 4.07. The highest BCUT2D eigenvalue weighted by Crippen LogP contribution is 2.22. The van der Waals surface area contributed by atoms with Gasteiger partial charge in [-0.3, -0.25) is 0 Å². The van der Waals surface area contributed by atoms with Crippen LogP contribution in [-0.4, -0.2) is 30.6 Å². The van der Waals surface area contributed by atoms with Crippen molar-refractivity contribution in [2.24, 2.45) is 5.73 Å². The van der Waals surface area contributed by atoms with Crippen molar-refractivity contribution in [3.05, 3.63) is 35.4 Å². The Morgan fingerprint density at radius 2 is 2.00 bits per heavy atom. The third kappa shape index (κ3) is 3.30. The van der Waals surface area contributed by atoms with Gasteiger partial charge < -0.3 is 10.6 Å². The van der Waals surface area contributed by atoms with Crippen LogP contribution in [-0.2, 0) is 6.42 Å². The Kier molecular flexibility index (Phi) is 4.72. The average molecular weight is 234 g/mol. The predicted molar refractivity (Wildman–Crippen MR) is 75.2 cm³/mol. The van der Waals surface area contributed by atoms with Crippen molar-refractivity contribution in [1.29, 1.82) is 0 Å². The van der Waals surface area contributed by atoms with E-state index in [1.165, 1.54) is 11.1 Å². The number of aryl methyl sites for hydroxylation is 1. The molecule has 0 aliphatic rings. The molecular weight excluding hydrogens is 208 g/mol. The normalized spacial score (nSPS) is 16.9. The van der Waals surface area contributed by atoms with Gasteiger partial charge >= 0.3 is 0 Å². The summed E-state index contributed by atoms with van der Waals surface area (Å²) in [5.74, 6) is 0. The van der Waals surface area contributed by atoms with Gasteiger partial charge in [0.25, 0.3) is 0 Å². The number of nitrogens with zero attached hydrogens (tertiary/aromatic N) is 1. The number of hydrogen-bond donors (Lipinski definition) is 1. The van der Waals surface area contributed by atoms with Crippen LogP contribution in [0, 0.1) is 6.92 Å². The fourth-order valence-corrected chi connectivity index (χ4v) is 2.22. The van der Waals surface area contributed by atoms with Crippen molar-refractivity contribution >= 4 is 0 Å². The summed E-state index contributed by atoms with van der Waals surface area (Å²) in [5.41, 5.74) is 9.10. The Bertz CT molecular complexity index is 360. The molecule has 1 aromatic rings. The highest BCUT2D eigenvalue weighted by atomic mass is 15.2. The van der Waals surface area contributed by atoms with E-state index in [-0.39, 0.29) is 11.6 Å². The minimum absolute atomic E-state index is 0.0593. The highest BCUT2D eigenvalue weighted by molar-refractivity contribution is 5.23. The summed E-state index contributed by atoms with van der Waals surface area (Å²) in [4.78, 5) is 2.24. The second-order valence-corrected chi connectivity index (χ2v) is 5.40. The lowest BCUT2D eigenvalue weighted by molar-refractivity contribution is 0.131. The second-order valence-electron chi connectivity index (χ2n) is 5.40. The molecule has 0 fully saturated rings. The van der Waals surface area contributed by atoms with Crippen LogP contribution in [0.1, 0.15) is 31.4 Å². The summed E-state index contributed by atoms with van der Waals surface area (Å²) in [6.45, 7) is 6.57. The monoisotopic (exact) mass is 234 g/mol. The Balaban J connectivity index is 2.81. The molecule has 0 aliphatic carbocycles. The quantitative estimate of drug-likeness (QED) is 0.848. The van der Waals surface area contributed by atoms with Gasteiger partial charge in [-0.2, -0.15) is 0 Å². The molecule has 2 atom stereocenters. The molecule has 0 bridgehead atoms. The van der Waals surface area contributed by atoms with Crippen LogP contribution in [0.2, 0.25) is 0 Å². The standard InChI is InChI=1S/C15H26N2/c1-6-15(3,17(4)5)14(16)11-13-9-7-8-12(2)10-13/h7-10,14H,6,11,16H2,1-5H3. The summed E-state index contributed by atoms with van der Waals surface area (Å²) in [6.07, 6.45) is 2.00. The third-order valence-corrected chi connectivity index (χ3v) is 4.07. The van der Waals surface area contributed by atoms with Crippen molar-refractivity contribution in [2.45, 2.75) is 45.2 Å².